The molecule has 0 radical (unpaired) electrons. The van der Waals surface area contributed by atoms with Gasteiger partial charge in [-0.1, -0.05) is 62.7 Å². The molecule has 1 heterocycles. The summed E-state index contributed by atoms with van der Waals surface area (Å²) in [6, 6.07) is 13.1. The molecule has 0 bridgehead atoms. The fourth-order valence-corrected chi connectivity index (χ4v) is 5.99. The second-order valence-electron chi connectivity index (χ2n) is 16.5. The minimum absolute atomic E-state index is 0.180. The highest BCUT2D eigenvalue weighted by atomic mass is 35.5. The SMILES string of the molecule is CC(C)(C)OC(=O)NC(=NS(=O)(=O)C(F)(F)F)NC(=O)OC(C)(C)C.CC[C@@H]1NC(=O)[C@@H](C(C)C)NC(=O)[C@@H](Cc2ccc(Cl)cc2)NCCOc2ccccc2CCCNC1=O. The number of nitrogens with one attached hydrogen (secondary N) is 6. The Labute approximate surface area is 371 Å². The van der Waals surface area contributed by atoms with Crippen molar-refractivity contribution in [1.82, 2.24) is 31.9 Å². The van der Waals surface area contributed by atoms with Gasteiger partial charge in [-0.2, -0.15) is 21.6 Å². The first kappa shape index (κ1) is 54.0. The van der Waals surface area contributed by atoms with Gasteiger partial charge in [-0.25, -0.2) is 9.59 Å². The number of halogens is 4. The lowest BCUT2D eigenvalue weighted by Gasteiger charge is -2.27. The van der Waals surface area contributed by atoms with Crippen LogP contribution in [0.2, 0.25) is 5.02 Å². The van der Waals surface area contributed by atoms with E-state index in [2.05, 4.69) is 25.7 Å². The highest BCUT2D eigenvalue weighted by Gasteiger charge is 2.47. The maximum absolute atomic E-state index is 13.5. The summed E-state index contributed by atoms with van der Waals surface area (Å²) in [5.41, 5.74) is -5.82. The Kier molecular flexibility index (Phi) is 20.6. The zero-order chi connectivity index (χ0) is 47.8. The lowest BCUT2D eigenvalue weighted by molar-refractivity contribution is -0.133. The number of benzene rings is 2. The molecule has 1 aliphatic heterocycles. The van der Waals surface area contributed by atoms with Crippen molar-refractivity contribution in [1.29, 1.82) is 0 Å². The summed E-state index contributed by atoms with van der Waals surface area (Å²) in [4.78, 5) is 62.6. The molecule has 3 rings (SSSR count). The van der Waals surface area contributed by atoms with Crippen molar-refractivity contribution in [2.75, 3.05) is 19.7 Å². The number of carbonyl (C=O) groups is 5. The van der Waals surface area contributed by atoms with Gasteiger partial charge in [0.2, 0.25) is 23.7 Å². The van der Waals surface area contributed by atoms with E-state index in [0.29, 0.717) is 37.6 Å². The van der Waals surface area contributed by atoms with Crippen molar-refractivity contribution >= 4 is 57.5 Å². The fraction of sp³-hybridized carbons (Fsp3) is 0.561. The topological polar surface area (TPSA) is 232 Å². The first-order chi connectivity index (χ1) is 29.1. The number of hydrogen-bond donors (Lipinski definition) is 6. The second kappa shape index (κ2) is 24.1. The van der Waals surface area contributed by atoms with Crippen LogP contribution in [-0.2, 0) is 46.7 Å². The van der Waals surface area contributed by atoms with Crippen molar-refractivity contribution in [2.45, 2.75) is 123 Å². The van der Waals surface area contributed by atoms with E-state index in [4.69, 9.17) is 25.8 Å². The number of ether oxygens (including phenoxy) is 3. The van der Waals surface area contributed by atoms with Crippen LogP contribution in [-0.4, -0.2) is 98.8 Å². The van der Waals surface area contributed by atoms with Gasteiger partial charge in [-0.05, 0) is 102 Å². The van der Waals surface area contributed by atoms with E-state index in [1.807, 2.05) is 57.2 Å². The number of amides is 5. The number of sulfonamides is 1. The van der Waals surface area contributed by atoms with E-state index in [-0.39, 0.29) is 23.6 Å². The maximum Gasteiger partial charge on any atom is 0.518 e. The molecule has 22 heteroatoms. The summed E-state index contributed by atoms with van der Waals surface area (Å²) in [6.07, 6.45) is -0.341. The number of carbonyl (C=O) groups excluding carboxylic acids is 5. The van der Waals surface area contributed by atoms with Gasteiger partial charge >= 0.3 is 27.7 Å². The van der Waals surface area contributed by atoms with Crippen LogP contribution in [0, 0.1) is 5.92 Å². The Morgan fingerprint density at radius 1 is 0.857 bits per heavy atom. The average molecular weight is 934 g/mol. The number of alkyl halides is 3. The summed E-state index contributed by atoms with van der Waals surface area (Å²) in [5, 5.41) is 15.8. The summed E-state index contributed by atoms with van der Waals surface area (Å²) in [6.45, 7) is 15.6. The van der Waals surface area contributed by atoms with E-state index in [0.717, 1.165) is 29.7 Å². The van der Waals surface area contributed by atoms with Crippen LogP contribution in [0.4, 0.5) is 22.8 Å². The molecule has 5 amide bonds. The van der Waals surface area contributed by atoms with Crippen LogP contribution in [0.3, 0.4) is 0 Å². The smallest absolute Gasteiger partial charge is 0.492 e. The molecular formula is C41H59ClF3N7O10S. The molecule has 0 saturated heterocycles. The summed E-state index contributed by atoms with van der Waals surface area (Å²) in [7, 11) is -6.03. The van der Waals surface area contributed by atoms with Gasteiger partial charge in [0.1, 0.15) is 35.6 Å². The van der Waals surface area contributed by atoms with Gasteiger partial charge in [0, 0.05) is 18.1 Å². The van der Waals surface area contributed by atoms with Crippen LogP contribution in [0.25, 0.3) is 0 Å². The fourth-order valence-electron chi connectivity index (χ4n) is 5.43. The Morgan fingerprint density at radius 2 is 1.43 bits per heavy atom. The average Bonchev–Trinajstić information content (AvgIpc) is 3.14. The first-order valence-corrected chi connectivity index (χ1v) is 21.9. The summed E-state index contributed by atoms with van der Waals surface area (Å²) >= 11 is 6.04. The monoisotopic (exact) mass is 933 g/mol. The number of rotatable bonds is 5. The van der Waals surface area contributed by atoms with Gasteiger partial charge < -0.3 is 35.5 Å². The van der Waals surface area contributed by atoms with Crippen molar-refractivity contribution < 1.29 is 59.8 Å². The summed E-state index contributed by atoms with van der Waals surface area (Å²) < 4.78 is 77.4. The minimum Gasteiger partial charge on any atom is -0.492 e. The Bertz CT molecular complexity index is 1970. The third kappa shape index (κ3) is 20.3. The van der Waals surface area contributed by atoms with Crippen LogP contribution in [0.15, 0.2) is 52.9 Å². The Morgan fingerprint density at radius 3 is 1.95 bits per heavy atom. The van der Waals surface area contributed by atoms with Gasteiger partial charge in [0.05, 0.1) is 6.04 Å². The molecule has 63 heavy (non-hydrogen) atoms. The molecule has 0 fully saturated rings. The zero-order valence-electron chi connectivity index (χ0n) is 36.8. The number of alkyl carbamates (subject to hydrolysis) is 2. The standard InChI is InChI=1S/C29H39ClN4O4.C12H20F3N3O6S/c1-4-23-27(35)32-15-7-9-21-8-5-6-10-25(21)38-17-16-31-24(18-20-11-13-22(30)14-12-20)28(36)34-26(19(2)3)29(37)33-23;1-10(2,3)23-8(19)16-7(17-9(20)24-11(4,5)6)18-25(21,22)12(13,14)15/h5-6,8,10-14,19,23-24,26,31H,4,7,9,15-18H2,1-3H3,(H,32,35)(H,33,37)(H,34,36);1-6H3,(H2,16,17,18,19,20)/t23-,24+,26+;/m0./s1. The van der Waals surface area contributed by atoms with Gasteiger partial charge in [-0.15, -0.1) is 4.40 Å². The van der Waals surface area contributed by atoms with E-state index >= 15 is 0 Å². The molecule has 0 unspecified atom stereocenters. The lowest BCUT2D eigenvalue weighted by atomic mass is 10.0. The molecule has 3 atom stereocenters. The molecule has 17 nitrogen and oxygen atoms in total. The molecule has 2 aromatic rings. The molecule has 352 valence electrons. The molecular weight excluding hydrogens is 875 g/mol. The van der Waals surface area contributed by atoms with Crippen molar-refractivity contribution in [3.8, 4) is 5.75 Å². The number of fused-ring (bicyclic) bond motifs is 1. The Hall–Kier alpha value is -5.15. The molecule has 0 aromatic heterocycles. The first-order valence-electron chi connectivity index (χ1n) is 20.1. The molecule has 0 saturated carbocycles. The largest absolute Gasteiger partial charge is 0.518 e. The van der Waals surface area contributed by atoms with E-state index in [9.17, 15) is 45.6 Å². The normalized spacial score (nSPS) is 18.5. The Balaban J connectivity index is 0.000000476. The summed E-state index contributed by atoms with van der Waals surface area (Å²) in [5.74, 6) is -1.62. The lowest BCUT2D eigenvalue weighted by Crippen LogP contribution is -2.58. The van der Waals surface area contributed by atoms with Gasteiger partial charge in [0.25, 0.3) is 0 Å². The van der Waals surface area contributed by atoms with Gasteiger partial charge in [-0.3, -0.25) is 25.0 Å². The third-order valence-electron chi connectivity index (χ3n) is 8.35. The molecule has 6 N–H and O–H groups in total. The molecule has 0 spiro atoms. The molecule has 1 aliphatic rings. The zero-order valence-corrected chi connectivity index (χ0v) is 38.4. The number of nitrogens with zero attached hydrogens (tertiary/aromatic N) is 1. The third-order valence-corrected chi connectivity index (χ3v) is 9.61. The minimum atomic E-state index is -6.03. The quantitative estimate of drug-likeness (QED) is 0.167. The van der Waals surface area contributed by atoms with Crippen LogP contribution in [0.5, 0.6) is 5.75 Å². The van der Waals surface area contributed by atoms with Crippen LogP contribution < -0.4 is 36.6 Å². The molecule has 2 aromatic carbocycles. The van der Waals surface area contributed by atoms with Crippen molar-refractivity contribution in [2.24, 2.45) is 10.3 Å². The van der Waals surface area contributed by atoms with Gasteiger partial charge in [0.15, 0.2) is 0 Å². The predicted octanol–water partition coefficient (Wildman–Crippen LogP) is 5.26. The highest BCUT2D eigenvalue weighted by molar-refractivity contribution is 7.91. The number of hydrogen-bond acceptors (Lipinski definition) is 11. The van der Waals surface area contributed by atoms with E-state index in [1.54, 1.807) is 22.8 Å². The maximum atomic E-state index is 13.5. The predicted molar refractivity (Wildman–Crippen MR) is 230 cm³/mol. The number of guanidine groups is 1. The van der Waals surface area contributed by atoms with Crippen molar-refractivity contribution in [3.63, 3.8) is 0 Å². The molecule has 0 aliphatic carbocycles. The number of para-hydroxylation sites is 1. The van der Waals surface area contributed by atoms with E-state index < -0.39 is 63.0 Å². The number of aryl methyl sites for hydroxylation is 1. The van der Waals surface area contributed by atoms with E-state index in [1.165, 1.54) is 41.5 Å². The van der Waals surface area contributed by atoms with Crippen LogP contribution >= 0.6 is 11.6 Å². The highest BCUT2D eigenvalue weighted by Crippen LogP contribution is 2.25. The second-order valence-corrected chi connectivity index (χ2v) is 18.5. The van der Waals surface area contributed by atoms with Crippen molar-refractivity contribution in [3.05, 3.63) is 64.7 Å². The van der Waals surface area contributed by atoms with Crippen LogP contribution in [0.1, 0.15) is 86.3 Å².